The van der Waals surface area contributed by atoms with Crippen LogP contribution in [0.5, 0.6) is 0 Å². The Labute approximate surface area is 98.6 Å². The molecule has 1 aromatic rings. The molecule has 0 atom stereocenters. The minimum absolute atomic E-state index is 0.377. The molecular formula is C11H16BrN3. The second-order valence-electron chi connectivity index (χ2n) is 4.53. The summed E-state index contributed by atoms with van der Waals surface area (Å²) in [6.07, 6.45) is 3.61. The highest BCUT2D eigenvalue weighted by Crippen LogP contribution is 2.33. The van der Waals surface area contributed by atoms with Crippen LogP contribution in [0.3, 0.4) is 0 Å². The zero-order valence-corrected chi connectivity index (χ0v) is 10.7. The van der Waals surface area contributed by atoms with E-state index in [2.05, 4.69) is 39.7 Å². The maximum absolute atomic E-state index is 5.86. The number of rotatable bonds is 3. The highest BCUT2D eigenvalue weighted by atomic mass is 79.9. The van der Waals surface area contributed by atoms with E-state index < -0.39 is 0 Å². The van der Waals surface area contributed by atoms with E-state index in [1.54, 1.807) is 0 Å². The lowest BCUT2D eigenvalue weighted by atomic mass is 10.1. The first-order chi connectivity index (χ1) is 7.08. The van der Waals surface area contributed by atoms with Crippen molar-refractivity contribution in [3.8, 4) is 0 Å². The molecule has 1 aliphatic rings. The Balaban J connectivity index is 2.31. The summed E-state index contributed by atoms with van der Waals surface area (Å²) in [6.45, 7) is 4.24. The van der Waals surface area contributed by atoms with Crippen molar-refractivity contribution in [3.05, 3.63) is 16.0 Å². The van der Waals surface area contributed by atoms with E-state index in [0.29, 0.717) is 11.7 Å². The Morgan fingerprint density at radius 1 is 1.40 bits per heavy atom. The smallest absolute Gasteiger partial charge is 0.141 e. The van der Waals surface area contributed by atoms with Crippen molar-refractivity contribution in [1.82, 2.24) is 9.97 Å². The number of nitrogen functional groups attached to an aromatic ring is 1. The van der Waals surface area contributed by atoms with Crippen LogP contribution in [0.1, 0.15) is 44.1 Å². The van der Waals surface area contributed by atoms with Gasteiger partial charge in [0, 0.05) is 6.42 Å². The summed E-state index contributed by atoms with van der Waals surface area (Å²) < 4.78 is 0.858. The summed E-state index contributed by atoms with van der Waals surface area (Å²) in [5, 5.41) is 0. The number of nitrogens with two attached hydrogens (primary N) is 1. The predicted octanol–water partition coefficient (Wildman–Crippen LogP) is 2.90. The Morgan fingerprint density at radius 2 is 2.07 bits per heavy atom. The van der Waals surface area contributed by atoms with E-state index in [0.717, 1.165) is 28.3 Å². The van der Waals surface area contributed by atoms with Crippen LogP contribution in [0.4, 0.5) is 5.82 Å². The molecule has 2 rings (SSSR count). The molecule has 0 radical (unpaired) electrons. The Hall–Kier alpha value is -0.640. The second kappa shape index (κ2) is 4.08. The number of hydrogen-bond acceptors (Lipinski definition) is 3. The minimum Gasteiger partial charge on any atom is -0.383 e. The molecule has 1 fully saturated rings. The molecular weight excluding hydrogens is 254 g/mol. The first kappa shape index (κ1) is 10.9. The number of hydrogen-bond donors (Lipinski definition) is 1. The lowest BCUT2D eigenvalue weighted by Crippen LogP contribution is -2.07. The summed E-state index contributed by atoms with van der Waals surface area (Å²) in [6, 6.07) is 0. The summed E-state index contributed by atoms with van der Waals surface area (Å²) in [5.74, 6) is 2.65. The van der Waals surface area contributed by atoms with Gasteiger partial charge in [0.25, 0.3) is 0 Å². The lowest BCUT2D eigenvalue weighted by molar-refractivity contribution is 0.731. The Kier molecular flexibility index (Phi) is 2.96. The largest absolute Gasteiger partial charge is 0.383 e. The molecule has 0 amide bonds. The molecule has 0 spiro atoms. The molecule has 3 nitrogen and oxygen atoms in total. The van der Waals surface area contributed by atoms with Crippen LogP contribution in [0.25, 0.3) is 0 Å². The van der Waals surface area contributed by atoms with Crippen molar-refractivity contribution in [1.29, 1.82) is 0 Å². The van der Waals surface area contributed by atoms with Crippen LogP contribution < -0.4 is 5.73 Å². The molecule has 82 valence electrons. The van der Waals surface area contributed by atoms with E-state index in [1.165, 1.54) is 12.8 Å². The zero-order valence-electron chi connectivity index (χ0n) is 9.13. The van der Waals surface area contributed by atoms with E-state index in [-0.39, 0.29) is 0 Å². The molecule has 0 aromatic carbocycles. The average molecular weight is 270 g/mol. The van der Waals surface area contributed by atoms with Gasteiger partial charge in [0.15, 0.2) is 0 Å². The van der Waals surface area contributed by atoms with Gasteiger partial charge in [-0.3, -0.25) is 0 Å². The molecule has 0 aliphatic heterocycles. The van der Waals surface area contributed by atoms with Crippen LogP contribution in [-0.2, 0) is 6.42 Å². The summed E-state index contributed by atoms with van der Waals surface area (Å²) in [5.41, 5.74) is 6.88. The van der Waals surface area contributed by atoms with E-state index in [1.807, 2.05) is 0 Å². The SMILES string of the molecule is CC(C)c1nc(CC2CC2)nc(N)c1Br. The number of aromatic nitrogens is 2. The fourth-order valence-electron chi connectivity index (χ4n) is 1.59. The third kappa shape index (κ3) is 2.48. The number of nitrogens with zero attached hydrogens (tertiary/aromatic N) is 2. The van der Waals surface area contributed by atoms with E-state index in [9.17, 15) is 0 Å². The molecule has 0 bridgehead atoms. The first-order valence-electron chi connectivity index (χ1n) is 5.39. The molecule has 2 N–H and O–H groups in total. The van der Waals surface area contributed by atoms with Crippen molar-refractivity contribution < 1.29 is 0 Å². The molecule has 15 heavy (non-hydrogen) atoms. The highest BCUT2D eigenvalue weighted by Gasteiger charge is 2.24. The van der Waals surface area contributed by atoms with Gasteiger partial charge >= 0.3 is 0 Å². The molecule has 1 heterocycles. The van der Waals surface area contributed by atoms with Gasteiger partial charge in [0.2, 0.25) is 0 Å². The lowest BCUT2D eigenvalue weighted by Gasteiger charge is -2.11. The van der Waals surface area contributed by atoms with E-state index in [4.69, 9.17) is 5.73 Å². The maximum Gasteiger partial charge on any atom is 0.141 e. The molecule has 1 saturated carbocycles. The molecule has 0 unspecified atom stereocenters. The van der Waals surface area contributed by atoms with Crippen LogP contribution >= 0.6 is 15.9 Å². The van der Waals surface area contributed by atoms with Crippen LogP contribution in [0.2, 0.25) is 0 Å². The Bertz CT molecular complexity index is 372. The summed E-state index contributed by atoms with van der Waals surface area (Å²) >= 11 is 3.45. The summed E-state index contributed by atoms with van der Waals surface area (Å²) in [7, 11) is 0. The van der Waals surface area contributed by atoms with Gasteiger partial charge in [-0.05, 0) is 40.6 Å². The monoisotopic (exact) mass is 269 g/mol. The van der Waals surface area contributed by atoms with Crippen molar-refractivity contribution in [2.45, 2.75) is 39.0 Å². The number of anilines is 1. The third-order valence-corrected chi connectivity index (χ3v) is 3.48. The van der Waals surface area contributed by atoms with Crippen molar-refractivity contribution in [2.24, 2.45) is 5.92 Å². The number of halogens is 1. The van der Waals surface area contributed by atoms with Gasteiger partial charge < -0.3 is 5.73 Å². The highest BCUT2D eigenvalue weighted by molar-refractivity contribution is 9.10. The van der Waals surface area contributed by atoms with Crippen molar-refractivity contribution in [2.75, 3.05) is 5.73 Å². The minimum atomic E-state index is 0.377. The Morgan fingerprint density at radius 3 is 2.60 bits per heavy atom. The van der Waals surface area contributed by atoms with E-state index >= 15 is 0 Å². The van der Waals surface area contributed by atoms with Gasteiger partial charge in [-0.25, -0.2) is 9.97 Å². The van der Waals surface area contributed by atoms with Crippen LogP contribution in [0, 0.1) is 5.92 Å². The zero-order chi connectivity index (χ0) is 11.0. The fraction of sp³-hybridized carbons (Fsp3) is 0.636. The third-order valence-electron chi connectivity index (χ3n) is 2.66. The first-order valence-corrected chi connectivity index (χ1v) is 6.19. The topological polar surface area (TPSA) is 51.8 Å². The average Bonchev–Trinajstić information content (AvgIpc) is 2.94. The van der Waals surface area contributed by atoms with Gasteiger partial charge in [0.1, 0.15) is 11.6 Å². The fourth-order valence-corrected chi connectivity index (χ4v) is 2.22. The van der Waals surface area contributed by atoms with Crippen LogP contribution in [0.15, 0.2) is 4.47 Å². The van der Waals surface area contributed by atoms with Gasteiger partial charge in [-0.1, -0.05) is 13.8 Å². The van der Waals surface area contributed by atoms with Gasteiger partial charge in [-0.15, -0.1) is 0 Å². The van der Waals surface area contributed by atoms with Crippen LogP contribution in [-0.4, -0.2) is 9.97 Å². The van der Waals surface area contributed by atoms with Crippen molar-refractivity contribution >= 4 is 21.7 Å². The van der Waals surface area contributed by atoms with Gasteiger partial charge in [0.05, 0.1) is 10.2 Å². The summed E-state index contributed by atoms with van der Waals surface area (Å²) in [4.78, 5) is 8.89. The molecule has 1 aromatic heterocycles. The standard InChI is InChI=1S/C11H16BrN3/c1-6(2)10-9(12)11(13)15-8(14-10)5-7-3-4-7/h6-7H,3-5H2,1-2H3,(H2,13,14,15). The second-order valence-corrected chi connectivity index (χ2v) is 5.32. The molecule has 0 saturated heterocycles. The quantitative estimate of drug-likeness (QED) is 0.918. The van der Waals surface area contributed by atoms with Crippen molar-refractivity contribution in [3.63, 3.8) is 0 Å². The molecule has 1 aliphatic carbocycles. The van der Waals surface area contributed by atoms with Gasteiger partial charge in [-0.2, -0.15) is 0 Å². The maximum atomic E-state index is 5.86. The normalized spacial score (nSPS) is 16.0. The predicted molar refractivity (Wildman–Crippen MR) is 64.7 cm³/mol. The molecule has 4 heteroatoms.